The van der Waals surface area contributed by atoms with E-state index in [0.717, 1.165) is 6.04 Å². The van der Waals surface area contributed by atoms with Crippen LogP contribution >= 0.6 is 0 Å². The van der Waals surface area contributed by atoms with E-state index >= 15 is 0 Å². The first kappa shape index (κ1) is 12.3. The second kappa shape index (κ2) is 5.03. The molecule has 16 heavy (non-hydrogen) atoms. The predicted molar refractivity (Wildman–Crippen MR) is 68.7 cm³/mol. The van der Waals surface area contributed by atoms with Crippen molar-refractivity contribution in [1.29, 1.82) is 0 Å². The molecule has 2 unspecified atom stereocenters. The SMILES string of the molecule is CC1CN(C)CCN1CC1(C)CCCNC1. The Morgan fingerprint density at radius 1 is 1.38 bits per heavy atom. The van der Waals surface area contributed by atoms with E-state index in [1.807, 2.05) is 0 Å². The number of rotatable bonds is 2. The highest BCUT2D eigenvalue weighted by molar-refractivity contribution is 4.88. The van der Waals surface area contributed by atoms with Crippen LogP contribution in [0.1, 0.15) is 26.7 Å². The Kier molecular flexibility index (Phi) is 3.88. The van der Waals surface area contributed by atoms with Crippen LogP contribution in [0.5, 0.6) is 0 Å². The molecule has 3 nitrogen and oxygen atoms in total. The van der Waals surface area contributed by atoms with Crippen LogP contribution in [-0.4, -0.2) is 62.2 Å². The molecule has 3 heteroatoms. The van der Waals surface area contributed by atoms with Gasteiger partial charge >= 0.3 is 0 Å². The van der Waals surface area contributed by atoms with Crippen molar-refractivity contribution in [1.82, 2.24) is 15.1 Å². The molecule has 0 saturated carbocycles. The lowest BCUT2D eigenvalue weighted by Gasteiger charge is -2.44. The maximum atomic E-state index is 3.55. The third-order valence-electron chi connectivity index (χ3n) is 4.24. The molecular formula is C13H27N3. The molecule has 2 fully saturated rings. The number of nitrogens with one attached hydrogen (secondary N) is 1. The fourth-order valence-electron chi connectivity index (χ4n) is 3.16. The molecule has 2 heterocycles. The lowest BCUT2D eigenvalue weighted by atomic mass is 9.82. The van der Waals surface area contributed by atoms with Gasteiger partial charge in [-0.1, -0.05) is 6.92 Å². The van der Waals surface area contributed by atoms with Crippen LogP contribution in [0.15, 0.2) is 0 Å². The summed E-state index contributed by atoms with van der Waals surface area (Å²) in [6.07, 6.45) is 2.73. The van der Waals surface area contributed by atoms with Gasteiger partial charge in [-0.15, -0.1) is 0 Å². The Balaban J connectivity index is 1.88. The first-order valence-corrected chi connectivity index (χ1v) is 6.72. The van der Waals surface area contributed by atoms with E-state index in [9.17, 15) is 0 Å². The molecule has 0 spiro atoms. The molecule has 0 aromatic carbocycles. The summed E-state index contributed by atoms with van der Waals surface area (Å²) in [7, 11) is 2.23. The summed E-state index contributed by atoms with van der Waals surface area (Å²) in [5, 5.41) is 3.55. The van der Waals surface area contributed by atoms with Crippen molar-refractivity contribution in [2.24, 2.45) is 5.41 Å². The lowest BCUT2D eigenvalue weighted by molar-refractivity contribution is 0.0503. The minimum absolute atomic E-state index is 0.502. The normalized spacial score (nSPS) is 38.8. The molecule has 0 bridgehead atoms. The van der Waals surface area contributed by atoms with Gasteiger partial charge in [0.1, 0.15) is 0 Å². The summed E-state index contributed by atoms with van der Waals surface area (Å²) in [5.41, 5.74) is 0.502. The standard InChI is InChI=1S/C13H27N3/c1-12-9-15(3)7-8-16(12)11-13(2)5-4-6-14-10-13/h12,14H,4-11H2,1-3H3. The van der Waals surface area contributed by atoms with Crippen LogP contribution in [0.4, 0.5) is 0 Å². The largest absolute Gasteiger partial charge is 0.316 e. The molecule has 0 amide bonds. The maximum Gasteiger partial charge on any atom is 0.0195 e. The first-order valence-electron chi connectivity index (χ1n) is 6.72. The fraction of sp³-hybridized carbons (Fsp3) is 1.00. The van der Waals surface area contributed by atoms with E-state index in [1.165, 1.54) is 52.1 Å². The van der Waals surface area contributed by atoms with Gasteiger partial charge in [-0.3, -0.25) is 4.90 Å². The van der Waals surface area contributed by atoms with Crippen molar-refractivity contribution in [3.8, 4) is 0 Å². The van der Waals surface area contributed by atoms with Crippen molar-refractivity contribution in [2.75, 3.05) is 46.3 Å². The van der Waals surface area contributed by atoms with Gasteiger partial charge in [0.05, 0.1) is 0 Å². The Morgan fingerprint density at radius 3 is 2.81 bits per heavy atom. The molecule has 2 saturated heterocycles. The van der Waals surface area contributed by atoms with Gasteiger partial charge in [-0.05, 0) is 38.8 Å². The number of likely N-dealkylation sites (N-methyl/N-ethyl adjacent to an activating group) is 1. The van der Waals surface area contributed by atoms with Gasteiger partial charge in [0.15, 0.2) is 0 Å². The average molecular weight is 225 g/mol. The van der Waals surface area contributed by atoms with Crippen LogP contribution in [0, 0.1) is 5.41 Å². The second-order valence-corrected chi connectivity index (χ2v) is 6.17. The van der Waals surface area contributed by atoms with E-state index in [0.29, 0.717) is 5.41 Å². The van der Waals surface area contributed by atoms with E-state index in [2.05, 4.69) is 36.0 Å². The van der Waals surface area contributed by atoms with Crippen molar-refractivity contribution in [3.63, 3.8) is 0 Å². The van der Waals surface area contributed by atoms with E-state index in [1.54, 1.807) is 0 Å². The van der Waals surface area contributed by atoms with Gasteiger partial charge in [0.25, 0.3) is 0 Å². The quantitative estimate of drug-likeness (QED) is 0.757. The molecule has 0 radical (unpaired) electrons. The number of hydrogen-bond donors (Lipinski definition) is 1. The molecule has 2 aliphatic rings. The second-order valence-electron chi connectivity index (χ2n) is 6.17. The Labute approximate surface area is 100 Å². The van der Waals surface area contributed by atoms with Crippen LogP contribution < -0.4 is 5.32 Å². The topological polar surface area (TPSA) is 18.5 Å². The monoisotopic (exact) mass is 225 g/mol. The molecule has 2 aliphatic heterocycles. The Morgan fingerprint density at radius 2 is 2.19 bits per heavy atom. The number of hydrogen-bond acceptors (Lipinski definition) is 3. The highest BCUT2D eigenvalue weighted by Crippen LogP contribution is 2.27. The van der Waals surface area contributed by atoms with Gasteiger partial charge in [0.2, 0.25) is 0 Å². The van der Waals surface area contributed by atoms with Crippen molar-refractivity contribution in [2.45, 2.75) is 32.7 Å². The summed E-state index contributed by atoms with van der Waals surface area (Å²) in [6.45, 7) is 12.2. The van der Waals surface area contributed by atoms with Gasteiger partial charge in [-0.25, -0.2) is 0 Å². The summed E-state index contributed by atoms with van der Waals surface area (Å²) in [6, 6.07) is 0.720. The predicted octanol–water partition coefficient (Wildman–Crippen LogP) is 1.01. The van der Waals surface area contributed by atoms with Crippen molar-refractivity contribution in [3.05, 3.63) is 0 Å². The summed E-state index contributed by atoms with van der Waals surface area (Å²) < 4.78 is 0. The van der Waals surface area contributed by atoms with Crippen molar-refractivity contribution < 1.29 is 0 Å². The molecular weight excluding hydrogens is 198 g/mol. The third kappa shape index (κ3) is 2.96. The highest BCUT2D eigenvalue weighted by Gasteiger charge is 2.32. The molecule has 0 aromatic rings. The first-order chi connectivity index (χ1) is 7.59. The molecule has 94 valence electrons. The number of piperazine rings is 1. The zero-order chi connectivity index (χ0) is 11.6. The minimum atomic E-state index is 0.502. The Hall–Kier alpha value is -0.120. The molecule has 0 aromatic heterocycles. The van der Waals surface area contributed by atoms with E-state index in [-0.39, 0.29) is 0 Å². The molecule has 2 rings (SSSR count). The zero-order valence-corrected chi connectivity index (χ0v) is 11.1. The van der Waals surface area contributed by atoms with Gasteiger partial charge in [-0.2, -0.15) is 0 Å². The maximum absolute atomic E-state index is 3.55. The van der Waals surface area contributed by atoms with Crippen LogP contribution in [-0.2, 0) is 0 Å². The average Bonchev–Trinajstić information content (AvgIpc) is 2.23. The van der Waals surface area contributed by atoms with Gasteiger partial charge < -0.3 is 10.2 Å². The van der Waals surface area contributed by atoms with Crippen LogP contribution in [0.2, 0.25) is 0 Å². The fourth-order valence-corrected chi connectivity index (χ4v) is 3.16. The summed E-state index contributed by atoms with van der Waals surface area (Å²) in [5.74, 6) is 0. The Bertz CT molecular complexity index is 223. The van der Waals surface area contributed by atoms with E-state index < -0.39 is 0 Å². The molecule has 0 aliphatic carbocycles. The van der Waals surface area contributed by atoms with Crippen LogP contribution in [0.3, 0.4) is 0 Å². The van der Waals surface area contributed by atoms with Crippen LogP contribution in [0.25, 0.3) is 0 Å². The minimum Gasteiger partial charge on any atom is -0.316 e. The third-order valence-corrected chi connectivity index (χ3v) is 4.24. The summed E-state index contributed by atoms with van der Waals surface area (Å²) >= 11 is 0. The highest BCUT2D eigenvalue weighted by atomic mass is 15.3. The lowest BCUT2D eigenvalue weighted by Crippen LogP contribution is -2.55. The van der Waals surface area contributed by atoms with E-state index in [4.69, 9.17) is 0 Å². The zero-order valence-electron chi connectivity index (χ0n) is 11.1. The smallest absolute Gasteiger partial charge is 0.0195 e. The number of nitrogens with zero attached hydrogens (tertiary/aromatic N) is 2. The number of piperidine rings is 1. The van der Waals surface area contributed by atoms with Gasteiger partial charge in [0, 0.05) is 38.8 Å². The molecule has 2 atom stereocenters. The summed E-state index contributed by atoms with van der Waals surface area (Å²) in [4.78, 5) is 5.13. The van der Waals surface area contributed by atoms with Crippen molar-refractivity contribution >= 4 is 0 Å². The molecule has 1 N–H and O–H groups in total.